The first-order valence-electron chi connectivity index (χ1n) is 14.3. The maximum absolute atomic E-state index is 13.7. The lowest BCUT2D eigenvalue weighted by molar-refractivity contribution is -0.140. The number of likely N-dealkylation sites (N-methyl/N-ethyl adjacent to an activating group) is 1. The minimum Gasteiger partial charge on any atom is -0.424 e. The van der Waals surface area contributed by atoms with Crippen LogP contribution < -0.4 is 10.1 Å². The number of hydrogen-bond acceptors (Lipinski definition) is 7. The Balaban J connectivity index is 1.78. The van der Waals surface area contributed by atoms with E-state index in [1.54, 1.807) is 42.0 Å². The largest absolute Gasteiger partial charge is 0.424 e. The van der Waals surface area contributed by atoms with Crippen LogP contribution in [-0.2, 0) is 22.6 Å². The molecular formula is C30H40N6O4. The monoisotopic (exact) mass is 548 g/mol. The predicted molar refractivity (Wildman–Crippen MR) is 152 cm³/mol. The molecule has 0 aliphatic carbocycles. The summed E-state index contributed by atoms with van der Waals surface area (Å²) in [4.78, 5) is 49.1. The van der Waals surface area contributed by atoms with Gasteiger partial charge >= 0.3 is 6.01 Å². The zero-order valence-corrected chi connectivity index (χ0v) is 24.0. The van der Waals surface area contributed by atoms with Gasteiger partial charge in [-0.25, -0.2) is 9.97 Å². The van der Waals surface area contributed by atoms with Crippen molar-refractivity contribution in [2.24, 2.45) is 0 Å². The molecule has 2 amide bonds. The van der Waals surface area contributed by atoms with Gasteiger partial charge in [0.2, 0.25) is 11.8 Å². The molecule has 1 N–H and O–H groups in total. The second-order valence-electron chi connectivity index (χ2n) is 10.6. The summed E-state index contributed by atoms with van der Waals surface area (Å²) in [5.41, 5.74) is 2.90. The third-order valence-electron chi connectivity index (χ3n) is 7.49. The van der Waals surface area contributed by atoms with E-state index in [1.165, 1.54) is 13.3 Å². The number of carbonyl (C=O) groups excluding carboxylic acids is 3. The van der Waals surface area contributed by atoms with Gasteiger partial charge in [0.1, 0.15) is 24.0 Å². The smallest absolute Gasteiger partial charge is 0.321 e. The first-order valence-corrected chi connectivity index (χ1v) is 14.3. The summed E-state index contributed by atoms with van der Waals surface area (Å²) in [6, 6.07) is 3.32. The van der Waals surface area contributed by atoms with Crippen molar-refractivity contribution in [3.05, 3.63) is 41.3 Å². The Bertz CT molecular complexity index is 1350. The lowest BCUT2D eigenvalue weighted by Crippen LogP contribution is -2.48. The number of carbonyl (C=O) groups is 3. The van der Waals surface area contributed by atoms with Gasteiger partial charge in [0.25, 0.3) is 0 Å². The van der Waals surface area contributed by atoms with E-state index in [1.807, 2.05) is 13.0 Å². The molecular weight excluding hydrogens is 508 g/mol. The van der Waals surface area contributed by atoms with Crippen LogP contribution >= 0.6 is 0 Å². The molecule has 2 aromatic heterocycles. The lowest BCUT2D eigenvalue weighted by Gasteiger charge is -2.28. The highest BCUT2D eigenvalue weighted by Gasteiger charge is 2.27. The summed E-state index contributed by atoms with van der Waals surface area (Å²) in [7, 11) is 1.58. The Morgan fingerprint density at radius 1 is 1.00 bits per heavy atom. The molecule has 0 fully saturated rings. The Morgan fingerprint density at radius 3 is 2.30 bits per heavy atom. The number of hydrogen-bond donors (Lipinski definition) is 1. The van der Waals surface area contributed by atoms with E-state index >= 15 is 0 Å². The van der Waals surface area contributed by atoms with Crippen LogP contribution in [0.4, 0.5) is 0 Å². The molecule has 40 heavy (non-hydrogen) atoms. The van der Waals surface area contributed by atoms with Gasteiger partial charge in [0.15, 0.2) is 5.78 Å². The quantitative estimate of drug-likeness (QED) is 0.456. The number of ether oxygens (including phenoxy) is 1. The minimum atomic E-state index is -0.612. The van der Waals surface area contributed by atoms with E-state index < -0.39 is 6.04 Å². The van der Waals surface area contributed by atoms with Crippen LogP contribution in [0.25, 0.3) is 10.9 Å². The average Bonchev–Trinajstić information content (AvgIpc) is 3.30. The first kappa shape index (κ1) is 29.2. The van der Waals surface area contributed by atoms with Crippen LogP contribution in [0.15, 0.2) is 24.5 Å². The zero-order chi connectivity index (χ0) is 28.6. The van der Waals surface area contributed by atoms with Gasteiger partial charge in [0.05, 0.1) is 5.52 Å². The molecule has 0 unspecified atom stereocenters. The number of benzene rings is 1. The van der Waals surface area contributed by atoms with Crippen molar-refractivity contribution in [1.29, 1.82) is 0 Å². The standard InChI is InChI=1S/C30H40N6O4/c1-20-17-32-30(33-18-20)40-24-15-23-13-11-9-7-5-6-8-10-12-14-35(21(2)29(39)31-4)26(38)19-36-28(23)25(16-24)27(34-36)22(3)37/h15-18,21H,5-14,19H2,1-4H3,(H,31,39)/t21-/m0/s1. The molecule has 10 heteroatoms. The molecule has 0 saturated heterocycles. The molecule has 1 aromatic carbocycles. The second-order valence-corrected chi connectivity index (χ2v) is 10.6. The number of aryl methyl sites for hydroxylation is 2. The number of nitrogens with zero attached hydrogens (tertiary/aromatic N) is 5. The molecule has 1 aliphatic rings. The van der Waals surface area contributed by atoms with E-state index in [0.717, 1.165) is 68.0 Å². The summed E-state index contributed by atoms with van der Waals surface area (Å²) >= 11 is 0. The van der Waals surface area contributed by atoms with E-state index in [0.29, 0.717) is 17.7 Å². The SMILES string of the molecule is CNC(=O)[C@H](C)N1CCCCCCCCCCc2cc(Oc3ncc(C)cn3)cc3c(C(C)=O)nn(c23)CC1=O. The van der Waals surface area contributed by atoms with Crippen LogP contribution in [0.5, 0.6) is 11.8 Å². The van der Waals surface area contributed by atoms with E-state index in [2.05, 4.69) is 20.4 Å². The predicted octanol–water partition coefficient (Wildman–Crippen LogP) is 4.77. The van der Waals surface area contributed by atoms with Crippen molar-refractivity contribution in [3.63, 3.8) is 0 Å². The van der Waals surface area contributed by atoms with Crippen molar-refractivity contribution in [3.8, 4) is 11.8 Å². The van der Waals surface area contributed by atoms with Gasteiger partial charge in [-0.15, -0.1) is 0 Å². The third-order valence-corrected chi connectivity index (χ3v) is 7.49. The van der Waals surface area contributed by atoms with Crippen LogP contribution in [-0.4, -0.2) is 61.9 Å². The lowest BCUT2D eigenvalue weighted by atomic mass is 10.0. The molecule has 3 heterocycles. The molecule has 0 saturated carbocycles. The molecule has 0 bridgehead atoms. The van der Waals surface area contributed by atoms with Crippen molar-refractivity contribution < 1.29 is 19.1 Å². The van der Waals surface area contributed by atoms with Crippen molar-refractivity contribution >= 4 is 28.5 Å². The number of nitrogens with one attached hydrogen (secondary N) is 1. The Morgan fingerprint density at radius 2 is 1.65 bits per heavy atom. The Labute approximate surface area is 235 Å². The second kappa shape index (κ2) is 13.5. The maximum Gasteiger partial charge on any atom is 0.321 e. The number of rotatable bonds is 5. The molecule has 1 atom stereocenters. The van der Waals surface area contributed by atoms with E-state index in [9.17, 15) is 14.4 Å². The number of ketones is 1. The Hall–Kier alpha value is -3.82. The van der Waals surface area contributed by atoms with Crippen LogP contribution in [0.3, 0.4) is 0 Å². The fourth-order valence-electron chi connectivity index (χ4n) is 5.30. The number of amides is 2. The van der Waals surface area contributed by atoms with Gasteiger partial charge in [-0.05, 0) is 56.4 Å². The molecule has 3 aromatic rings. The third kappa shape index (κ3) is 7.03. The Kier molecular flexibility index (Phi) is 9.84. The molecule has 0 radical (unpaired) electrons. The van der Waals surface area contributed by atoms with E-state index in [4.69, 9.17) is 4.74 Å². The molecule has 214 valence electrons. The molecule has 10 nitrogen and oxygen atoms in total. The number of Topliss-reactive ketones (excluding diaryl/α,β-unsaturated/α-hetero) is 1. The molecule has 1 aliphatic heterocycles. The zero-order valence-electron chi connectivity index (χ0n) is 24.0. The molecule has 0 spiro atoms. The number of aromatic nitrogens is 4. The van der Waals surface area contributed by atoms with Crippen LogP contribution in [0, 0.1) is 6.92 Å². The highest BCUT2D eigenvalue weighted by Crippen LogP contribution is 2.32. The van der Waals surface area contributed by atoms with Crippen molar-refractivity contribution in [2.75, 3.05) is 13.6 Å². The summed E-state index contributed by atoms with van der Waals surface area (Å²) in [6.07, 6.45) is 12.6. The minimum absolute atomic E-state index is 0.0700. The summed E-state index contributed by atoms with van der Waals surface area (Å²) < 4.78 is 7.64. The fraction of sp³-hybridized carbons (Fsp3) is 0.533. The first-order chi connectivity index (χ1) is 19.3. The van der Waals surface area contributed by atoms with Gasteiger partial charge in [-0.1, -0.05) is 38.5 Å². The van der Waals surface area contributed by atoms with Crippen LogP contribution in [0.2, 0.25) is 0 Å². The topological polar surface area (TPSA) is 119 Å². The normalized spacial score (nSPS) is 16.5. The highest BCUT2D eigenvalue weighted by molar-refractivity contribution is 6.06. The maximum atomic E-state index is 13.7. The van der Waals surface area contributed by atoms with Gasteiger partial charge in [0, 0.05) is 38.3 Å². The van der Waals surface area contributed by atoms with Gasteiger partial charge in [-0.3, -0.25) is 19.1 Å². The average molecular weight is 549 g/mol. The highest BCUT2D eigenvalue weighted by atomic mass is 16.5. The van der Waals surface area contributed by atoms with E-state index in [-0.39, 0.29) is 35.8 Å². The van der Waals surface area contributed by atoms with Crippen molar-refractivity contribution in [2.45, 2.75) is 91.1 Å². The van der Waals surface area contributed by atoms with Gasteiger partial charge < -0.3 is 15.0 Å². The van der Waals surface area contributed by atoms with Gasteiger partial charge in [-0.2, -0.15) is 5.10 Å². The summed E-state index contributed by atoms with van der Waals surface area (Å²) in [5.74, 6) is -0.100. The fourth-order valence-corrected chi connectivity index (χ4v) is 5.30. The van der Waals surface area contributed by atoms with Crippen molar-refractivity contribution in [1.82, 2.24) is 30.0 Å². The summed E-state index contributed by atoms with van der Waals surface area (Å²) in [5, 5.41) is 7.92. The summed E-state index contributed by atoms with van der Waals surface area (Å²) in [6.45, 7) is 5.55. The molecule has 4 rings (SSSR count). The van der Waals surface area contributed by atoms with Crippen LogP contribution in [0.1, 0.15) is 86.8 Å².